The first-order chi connectivity index (χ1) is 10.6. The van der Waals surface area contributed by atoms with Crippen LogP contribution >= 0.6 is 0 Å². The van der Waals surface area contributed by atoms with Crippen LogP contribution in [-0.2, 0) is 24.9 Å². The van der Waals surface area contributed by atoms with Crippen LogP contribution in [0.5, 0.6) is 0 Å². The van der Waals surface area contributed by atoms with Crippen molar-refractivity contribution in [3.8, 4) is 11.4 Å². The number of hydrogen-bond acceptors (Lipinski definition) is 3. The molecule has 2 aromatic heterocycles. The molecule has 0 fully saturated rings. The zero-order valence-corrected chi connectivity index (χ0v) is 15.3. The van der Waals surface area contributed by atoms with Crippen LogP contribution in [0.15, 0.2) is 66.7 Å². The maximum absolute atomic E-state index is 10.0. The molecule has 5 heteroatoms. The summed E-state index contributed by atoms with van der Waals surface area (Å²) in [4.78, 5) is 14.4. The van der Waals surface area contributed by atoms with Crippen molar-refractivity contribution >= 4 is 11.3 Å². The number of pyridine rings is 1. The third kappa shape index (κ3) is 5.47. The van der Waals surface area contributed by atoms with Gasteiger partial charge in [0.15, 0.2) is 5.78 Å². The summed E-state index contributed by atoms with van der Waals surface area (Å²) >= 11 is 0. The van der Waals surface area contributed by atoms with Crippen LogP contribution in [0.25, 0.3) is 16.9 Å². The molecule has 0 saturated heterocycles. The van der Waals surface area contributed by atoms with Crippen molar-refractivity contribution in [2.24, 2.45) is 0 Å². The largest absolute Gasteiger partial charge is 0.512 e. The molecule has 1 radical (unpaired) electrons. The van der Waals surface area contributed by atoms with E-state index in [1.165, 1.54) is 19.9 Å². The van der Waals surface area contributed by atoms with Crippen molar-refractivity contribution in [3.05, 3.63) is 72.8 Å². The Balaban J connectivity index is 0.000000287. The summed E-state index contributed by atoms with van der Waals surface area (Å²) < 4.78 is 2.06. The van der Waals surface area contributed by atoms with E-state index >= 15 is 0 Å². The topological polar surface area (TPSA) is 54.6 Å². The van der Waals surface area contributed by atoms with Gasteiger partial charge in [0.2, 0.25) is 0 Å². The maximum atomic E-state index is 10.0. The maximum Gasteiger partial charge on any atom is 0.155 e. The molecule has 121 valence electrons. The van der Waals surface area contributed by atoms with E-state index in [9.17, 15) is 4.79 Å². The van der Waals surface area contributed by atoms with Crippen LogP contribution in [0.2, 0.25) is 0 Å². The molecule has 23 heavy (non-hydrogen) atoms. The number of hydrogen-bond donors (Lipinski definition) is 1. The van der Waals surface area contributed by atoms with Gasteiger partial charge in [-0.15, -0.1) is 35.9 Å². The Labute approximate surface area is 148 Å². The third-order valence-electron chi connectivity index (χ3n) is 2.80. The quantitative estimate of drug-likeness (QED) is 0.341. The van der Waals surface area contributed by atoms with Crippen molar-refractivity contribution in [3.63, 3.8) is 0 Å². The molecule has 0 spiro atoms. The molecular formula is C18H17IrN2O2-. The Bertz CT molecular complexity index is 791. The number of imidazole rings is 1. The van der Waals surface area contributed by atoms with Gasteiger partial charge >= 0.3 is 0 Å². The minimum absolute atomic E-state index is 0. The number of aliphatic hydroxyl groups is 1. The third-order valence-corrected chi connectivity index (χ3v) is 2.80. The number of allylic oxidation sites excluding steroid dienone is 2. The Morgan fingerprint density at radius 2 is 1.96 bits per heavy atom. The van der Waals surface area contributed by atoms with E-state index in [-0.39, 0.29) is 31.6 Å². The van der Waals surface area contributed by atoms with Crippen LogP contribution in [0.1, 0.15) is 13.8 Å². The molecule has 0 aliphatic heterocycles. The Morgan fingerprint density at radius 1 is 1.22 bits per heavy atom. The van der Waals surface area contributed by atoms with Gasteiger partial charge in [0.1, 0.15) is 0 Å². The van der Waals surface area contributed by atoms with Crippen molar-refractivity contribution in [2.75, 3.05) is 0 Å². The van der Waals surface area contributed by atoms with E-state index in [1.807, 2.05) is 54.9 Å². The molecule has 1 aromatic carbocycles. The molecule has 0 bridgehead atoms. The summed E-state index contributed by atoms with van der Waals surface area (Å²) in [6.45, 7) is 2.85. The molecule has 0 aliphatic carbocycles. The van der Waals surface area contributed by atoms with Crippen LogP contribution in [-0.4, -0.2) is 20.3 Å². The van der Waals surface area contributed by atoms with Gasteiger partial charge in [-0.3, -0.25) is 9.78 Å². The van der Waals surface area contributed by atoms with Crippen molar-refractivity contribution in [1.82, 2.24) is 9.38 Å². The van der Waals surface area contributed by atoms with Gasteiger partial charge < -0.3 is 9.51 Å². The van der Waals surface area contributed by atoms with Gasteiger partial charge in [-0.05, 0) is 26.0 Å². The normalized spacial score (nSPS) is 10.4. The fourth-order valence-electron chi connectivity index (χ4n) is 1.97. The van der Waals surface area contributed by atoms with Crippen LogP contribution < -0.4 is 0 Å². The van der Waals surface area contributed by atoms with Crippen LogP contribution in [0.4, 0.5) is 0 Å². The fourth-order valence-corrected chi connectivity index (χ4v) is 1.97. The average molecular weight is 486 g/mol. The standard InChI is InChI=1S/C13H9N2.C5H8O2.Ir/c1-2-6-11(7-3-1)13-14-10-12-8-4-5-9-15(12)13;1-4(6)3-5(2)7;/h1-6,8-10H;3,6H,1-2H3;/q-1;;/b;4-3-;. The number of benzene rings is 1. The van der Waals surface area contributed by atoms with E-state index in [0.717, 1.165) is 16.9 Å². The van der Waals surface area contributed by atoms with Gasteiger partial charge in [0, 0.05) is 38.6 Å². The Morgan fingerprint density at radius 3 is 2.52 bits per heavy atom. The van der Waals surface area contributed by atoms with Crippen molar-refractivity contribution in [2.45, 2.75) is 13.8 Å². The first kappa shape index (κ1) is 18.8. The van der Waals surface area contributed by atoms with Gasteiger partial charge in [0.05, 0.1) is 17.1 Å². The summed E-state index contributed by atoms with van der Waals surface area (Å²) in [6.07, 6.45) is 5.05. The predicted octanol–water partition coefficient (Wildman–Crippen LogP) is 3.84. The SMILES string of the molecule is CC(=O)/C=C(/C)O.[Ir].[c-]1ccccc1-c1ncc2ccccn12. The van der Waals surface area contributed by atoms with E-state index in [2.05, 4.69) is 15.5 Å². The van der Waals surface area contributed by atoms with Crippen LogP contribution in [0, 0.1) is 6.07 Å². The number of ketones is 1. The van der Waals surface area contributed by atoms with Gasteiger partial charge in [-0.25, -0.2) is 0 Å². The van der Waals surface area contributed by atoms with Crippen molar-refractivity contribution < 1.29 is 30.0 Å². The molecule has 0 amide bonds. The van der Waals surface area contributed by atoms with E-state index in [0.29, 0.717) is 0 Å². The molecule has 3 rings (SSSR count). The number of nitrogens with zero attached hydrogens (tertiary/aromatic N) is 2. The minimum atomic E-state index is -0.125. The monoisotopic (exact) mass is 486 g/mol. The zero-order valence-electron chi connectivity index (χ0n) is 12.9. The second kappa shape index (κ2) is 9.03. The number of aliphatic hydroxyl groups excluding tert-OH is 1. The van der Waals surface area contributed by atoms with E-state index in [4.69, 9.17) is 5.11 Å². The second-order valence-corrected chi connectivity index (χ2v) is 4.75. The van der Waals surface area contributed by atoms with Gasteiger partial charge in [-0.1, -0.05) is 6.07 Å². The van der Waals surface area contributed by atoms with E-state index < -0.39 is 0 Å². The number of carbonyl (C=O) groups excluding carboxylic acids is 1. The Kier molecular flexibility index (Phi) is 7.39. The molecule has 0 saturated carbocycles. The summed E-state index contributed by atoms with van der Waals surface area (Å²) in [6, 6.07) is 17.1. The molecule has 0 aliphatic rings. The molecule has 1 N–H and O–H groups in total. The number of rotatable bonds is 2. The number of aromatic nitrogens is 2. The molecular weight excluding hydrogens is 468 g/mol. The smallest absolute Gasteiger partial charge is 0.155 e. The van der Waals surface area contributed by atoms with E-state index in [1.54, 1.807) is 0 Å². The minimum Gasteiger partial charge on any atom is -0.512 e. The molecule has 3 aromatic rings. The van der Waals surface area contributed by atoms with Gasteiger partial charge in [0.25, 0.3) is 0 Å². The van der Waals surface area contributed by atoms with Crippen LogP contribution in [0.3, 0.4) is 0 Å². The molecule has 0 atom stereocenters. The first-order valence-electron chi connectivity index (χ1n) is 6.85. The molecule has 0 unspecified atom stereocenters. The summed E-state index contributed by atoms with van der Waals surface area (Å²) in [7, 11) is 0. The fraction of sp³-hybridized carbons (Fsp3) is 0.111. The van der Waals surface area contributed by atoms with Gasteiger partial charge in [-0.2, -0.15) is 0 Å². The average Bonchev–Trinajstić information content (AvgIpc) is 2.91. The summed E-state index contributed by atoms with van der Waals surface area (Å²) in [5.41, 5.74) is 2.12. The summed E-state index contributed by atoms with van der Waals surface area (Å²) in [5, 5.41) is 8.36. The number of carbonyl (C=O) groups is 1. The molecule has 2 heterocycles. The number of fused-ring (bicyclic) bond motifs is 1. The molecule has 4 nitrogen and oxygen atoms in total. The predicted molar refractivity (Wildman–Crippen MR) is 86.5 cm³/mol. The summed E-state index contributed by atoms with van der Waals surface area (Å²) in [5.74, 6) is 0.874. The Hall–Kier alpha value is -2.23. The first-order valence-corrected chi connectivity index (χ1v) is 6.85. The van der Waals surface area contributed by atoms with Crippen molar-refractivity contribution in [1.29, 1.82) is 0 Å². The second-order valence-electron chi connectivity index (χ2n) is 4.75. The zero-order chi connectivity index (χ0) is 15.9.